The first-order chi connectivity index (χ1) is 12.0. The van der Waals surface area contributed by atoms with E-state index in [1.54, 1.807) is 0 Å². The molecule has 7 heteroatoms. The third-order valence-electron chi connectivity index (χ3n) is 4.99. The summed E-state index contributed by atoms with van der Waals surface area (Å²) < 4.78 is 39.3. The molecule has 1 aromatic rings. The van der Waals surface area contributed by atoms with Gasteiger partial charge in [0.1, 0.15) is 0 Å². The van der Waals surface area contributed by atoms with Crippen LogP contribution >= 0.6 is 11.6 Å². The fraction of sp³-hybridized carbons (Fsp3) is 0.632. The van der Waals surface area contributed by atoms with Crippen LogP contribution in [0, 0.1) is 11.3 Å². The quantitative estimate of drug-likeness (QED) is 0.713. The average molecular weight is 391 g/mol. The lowest BCUT2D eigenvalue weighted by molar-refractivity contribution is -0.137. The number of amides is 1. The van der Waals surface area contributed by atoms with Gasteiger partial charge in [0, 0.05) is 6.04 Å². The Labute approximate surface area is 157 Å². The molecule has 0 radical (unpaired) electrons. The first-order valence-corrected chi connectivity index (χ1v) is 9.27. The molecule has 1 fully saturated rings. The van der Waals surface area contributed by atoms with Gasteiger partial charge in [-0.3, -0.25) is 4.79 Å². The maximum absolute atomic E-state index is 13.1. The van der Waals surface area contributed by atoms with Crippen molar-refractivity contribution in [1.29, 1.82) is 0 Å². The number of hydrogen-bond donors (Lipinski definition) is 2. The molecule has 1 amide bonds. The van der Waals surface area contributed by atoms with Crippen molar-refractivity contribution in [3.8, 4) is 0 Å². The Bertz CT molecular complexity index is 641. The highest BCUT2D eigenvalue weighted by molar-refractivity contribution is 6.34. The van der Waals surface area contributed by atoms with E-state index < -0.39 is 17.6 Å². The first-order valence-electron chi connectivity index (χ1n) is 8.89. The van der Waals surface area contributed by atoms with Crippen LogP contribution in [0.4, 0.5) is 18.9 Å². The highest BCUT2D eigenvalue weighted by Crippen LogP contribution is 2.39. The van der Waals surface area contributed by atoms with Crippen molar-refractivity contribution >= 4 is 23.2 Å². The lowest BCUT2D eigenvalue weighted by Crippen LogP contribution is -2.46. The summed E-state index contributed by atoms with van der Waals surface area (Å²) in [4.78, 5) is 12.2. The standard InChI is InChI=1S/C19H26ClF3N2O/c1-18(2,3)12-7-4-5-10-15(12)24-11-16(26)25-17-13(19(21,22)23)8-6-9-14(17)20/h6,8-9,12,15,24H,4-5,7,10-11H2,1-3H3,(H,25,26). The predicted molar refractivity (Wildman–Crippen MR) is 98.3 cm³/mol. The van der Waals surface area contributed by atoms with Gasteiger partial charge in [0.2, 0.25) is 5.91 Å². The predicted octanol–water partition coefficient (Wildman–Crippen LogP) is 5.49. The molecule has 0 bridgehead atoms. The third kappa shape index (κ3) is 5.36. The Morgan fingerprint density at radius 2 is 1.85 bits per heavy atom. The van der Waals surface area contributed by atoms with Gasteiger partial charge in [-0.15, -0.1) is 0 Å². The van der Waals surface area contributed by atoms with E-state index in [-0.39, 0.29) is 28.7 Å². The molecule has 1 saturated carbocycles. The van der Waals surface area contributed by atoms with Crippen molar-refractivity contribution in [3.05, 3.63) is 28.8 Å². The highest BCUT2D eigenvalue weighted by atomic mass is 35.5. The van der Waals surface area contributed by atoms with Crippen LogP contribution in [0.15, 0.2) is 18.2 Å². The Hall–Kier alpha value is -1.27. The molecule has 0 aromatic heterocycles. The molecule has 1 aromatic carbocycles. The SMILES string of the molecule is CC(C)(C)C1CCCCC1NCC(=O)Nc1c(Cl)cccc1C(F)(F)F. The highest BCUT2D eigenvalue weighted by Gasteiger charge is 2.36. The van der Waals surface area contributed by atoms with E-state index in [1.165, 1.54) is 18.6 Å². The smallest absolute Gasteiger partial charge is 0.323 e. The number of anilines is 1. The molecular weight excluding hydrogens is 365 g/mol. The maximum Gasteiger partial charge on any atom is 0.418 e. The minimum Gasteiger partial charge on any atom is -0.323 e. The zero-order valence-corrected chi connectivity index (χ0v) is 16.1. The number of hydrogen-bond acceptors (Lipinski definition) is 2. The molecule has 0 aliphatic heterocycles. The van der Waals surface area contributed by atoms with Crippen molar-refractivity contribution in [1.82, 2.24) is 5.32 Å². The van der Waals surface area contributed by atoms with Crippen molar-refractivity contribution in [3.63, 3.8) is 0 Å². The van der Waals surface area contributed by atoms with Gasteiger partial charge in [-0.25, -0.2) is 0 Å². The molecule has 1 aliphatic rings. The monoisotopic (exact) mass is 390 g/mol. The topological polar surface area (TPSA) is 41.1 Å². The maximum atomic E-state index is 13.1. The Balaban J connectivity index is 2.04. The van der Waals surface area contributed by atoms with E-state index in [1.807, 2.05) is 0 Å². The van der Waals surface area contributed by atoms with E-state index in [0.717, 1.165) is 25.3 Å². The lowest BCUT2D eigenvalue weighted by atomic mass is 9.69. The van der Waals surface area contributed by atoms with Gasteiger partial charge < -0.3 is 10.6 Å². The van der Waals surface area contributed by atoms with Crippen LogP contribution in [-0.2, 0) is 11.0 Å². The van der Waals surface area contributed by atoms with Gasteiger partial charge in [0.05, 0.1) is 22.8 Å². The van der Waals surface area contributed by atoms with Crippen LogP contribution in [0.5, 0.6) is 0 Å². The van der Waals surface area contributed by atoms with Crippen LogP contribution in [0.25, 0.3) is 0 Å². The first kappa shape index (κ1) is 21.0. The number of rotatable bonds is 4. The second kappa shape index (κ2) is 8.17. The van der Waals surface area contributed by atoms with Gasteiger partial charge in [0.15, 0.2) is 0 Å². The van der Waals surface area contributed by atoms with Gasteiger partial charge in [-0.1, -0.05) is 51.3 Å². The third-order valence-corrected chi connectivity index (χ3v) is 5.30. The molecule has 0 spiro atoms. The van der Waals surface area contributed by atoms with E-state index in [0.29, 0.717) is 5.92 Å². The minimum absolute atomic E-state index is 0.0419. The number of para-hydroxylation sites is 1. The second-order valence-corrected chi connectivity index (χ2v) is 8.36. The molecular formula is C19H26ClF3N2O. The molecule has 26 heavy (non-hydrogen) atoms. The second-order valence-electron chi connectivity index (χ2n) is 7.95. The molecule has 2 rings (SSSR count). The molecule has 3 nitrogen and oxygen atoms in total. The number of alkyl halides is 3. The van der Waals surface area contributed by atoms with Crippen molar-refractivity contribution < 1.29 is 18.0 Å². The summed E-state index contributed by atoms with van der Waals surface area (Å²) in [7, 11) is 0. The molecule has 2 unspecified atom stereocenters. The van der Waals surface area contributed by atoms with Crippen LogP contribution in [-0.4, -0.2) is 18.5 Å². The van der Waals surface area contributed by atoms with E-state index >= 15 is 0 Å². The zero-order chi connectivity index (χ0) is 19.5. The molecule has 0 heterocycles. The Kier molecular flexibility index (Phi) is 6.61. The van der Waals surface area contributed by atoms with Gasteiger partial charge in [0.25, 0.3) is 0 Å². The summed E-state index contributed by atoms with van der Waals surface area (Å²) in [6, 6.07) is 3.64. The van der Waals surface area contributed by atoms with Crippen LogP contribution < -0.4 is 10.6 Å². The fourth-order valence-electron chi connectivity index (χ4n) is 3.71. The number of halogens is 4. The molecule has 1 aliphatic carbocycles. The molecule has 0 saturated heterocycles. The average Bonchev–Trinajstić information content (AvgIpc) is 2.53. The van der Waals surface area contributed by atoms with Crippen molar-refractivity contribution in [2.24, 2.45) is 11.3 Å². The number of carbonyl (C=O) groups excluding carboxylic acids is 1. The zero-order valence-electron chi connectivity index (χ0n) is 15.3. The molecule has 146 valence electrons. The molecule has 2 N–H and O–H groups in total. The van der Waals surface area contributed by atoms with Gasteiger partial charge in [-0.2, -0.15) is 13.2 Å². The Morgan fingerprint density at radius 3 is 2.46 bits per heavy atom. The molecule has 2 atom stereocenters. The van der Waals surface area contributed by atoms with E-state index in [9.17, 15) is 18.0 Å². The normalized spacial score (nSPS) is 21.5. The summed E-state index contributed by atoms with van der Waals surface area (Å²) in [5.74, 6) is -0.100. The van der Waals surface area contributed by atoms with Gasteiger partial charge >= 0.3 is 6.18 Å². The van der Waals surface area contributed by atoms with E-state index in [4.69, 9.17) is 11.6 Å². The number of benzene rings is 1. The number of nitrogens with one attached hydrogen (secondary N) is 2. The Morgan fingerprint density at radius 1 is 1.19 bits per heavy atom. The number of carbonyl (C=O) groups is 1. The fourth-order valence-corrected chi connectivity index (χ4v) is 3.93. The summed E-state index contributed by atoms with van der Waals surface area (Å²) in [6.07, 6.45) is -0.266. The lowest BCUT2D eigenvalue weighted by Gasteiger charge is -2.41. The minimum atomic E-state index is -4.58. The van der Waals surface area contributed by atoms with Crippen LogP contribution in [0.2, 0.25) is 5.02 Å². The summed E-state index contributed by atoms with van der Waals surface area (Å²) in [6.45, 7) is 6.49. The summed E-state index contributed by atoms with van der Waals surface area (Å²) in [5, 5.41) is 5.44. The van der Waals surface area contributed by atoms with Crippen LogP contribution in [0.1, 0.15) is 52.0 Å². The van der Waals surface area contributed by atoms with Crippen molar-refractivity contribution in [2.75, 3.05) is 11.9 Å². The summed E-state index contributed by atoms with van der Waals surface area (Å²) in [5.41, 5.74) is -1.21. The van der Waals surface area contributed by atoms with E-state index in [2.05, 4.69) is 31.4 Å². The van der Waals surface area contributed by atoms with Gasteiger partial charge in [-0.05, 0) is 36.3 Å². The largest absolute Gasteiger partial charge is 0.418 e. The summed E-state index contributed by atoms with van der Waals surface area (Å²) >= 11 is 5.88. The van der Waals surface area contributed by atoms with Crippen LogP contribution in [0.3, 0.4) is 0 Å². The van der Waals surface area contributed by atoms with Crippen molar-refractivity contribution in [2.45, 2.75) is 58.7 Å².